The Bertz CT molecular complexity index is 1090. The van der Waals surface area contributed by atoms with E-state index in [1.165, 1.54) is 17.9 Å². The summed E-state index contributed by atoms with van der Waals surface area (Å²) in [4.78, 5) is 12.3. The molecule has 0 aliphatic rings. The van der Waals surface area contributed by atoms with E-state index in [4.69, 9.17) is 25.8 Å². The van der Waals surface area contributed by atoms with Crippen molar-refractivity contribution in [2.75, 3.05) is 13.7 Å². The molecule has 0 aliphatic heterocycles. The number of alkyl halides is 3. The zero-order valence-corrected chi connectivity index (χ0v) is 17.6. The molecule has 0 N–H and O–H groups in total. The fourth-order valence-electron chi connectivity index (χ4n) is 2.64. The van der Waals surface area contributed by atoms with Crippen molar-refractivity contribution >= 4 is 17.6 Å². The van der Waals surface area contributed by atoms with Crippen molar-refractivity contribution in [3.05, 3.63) is 58.7 Å². The van der Waals surface area contributed by atoms with Gasteiger partial charge in [-0.3, -0.25) is 0 Å². The van der Waals surface area contributed by atoms with Gasteiger partial charge < -0.3 is 18.9 Å². The Labute approximate surface area is 185 Å². The zero-order chi connectivity index (χ0) is 23.3. The van der Waals surface area contributed by atoms with Gasteiger partial charge in [-0.15, -0.1) is 18.3 Å². The smallest absolute Gasteiger partial charge is 0.497 e. The molecule has 0 unspecified atom stereocenters. The topological polar surface area (TPSA) is 84.7 Å². The molecule has 0 fully saturated rings. The molecule has 12 heteroatoms. The highest BCUT2D eigenvalue weighted by Gasteiger charge is 2.31. The van der Waals surface area contributed by atoms with Gasteiger partial charge in [0, 0.05) is 11.1 Å². The lowest BCUT2D eigenvalue weighted by Gasteiger charge is -2.13. The lowest BCUT2D eigenvalue weighted by atomic mass is 10.2. The molecule has 1 heterocycles. The van der Waals surface area contributed by atoms with E-state index in [0.717, 1.165) is 17.7 Å². The molecule has 3 aromatic rings. The molecule has 0 bridgehead atoms. The number of benzene rings is 2. The van der Waals surface area contributed by atoms with Crippen LogP contribution in [0.2, 0.25) is 5.02 Å². The third kappa shape index (κ3) is 6.03. The molecule has 0 spiro atoms. The van der Waals surface area contributed by atoms with Crippen LogP contribution in [-0.2, 0) is 11.3 Å². The first-order valence-electron chi connectivity index (χ1n) is 9.16. The second-order valence-electron chi connectivity index (χ2n) is 6.24. The zero-order valence-electron chi connectivity index (χ0n) is 16.9. The quantitative estimate of drug-likeness (QED) is 0.434. The number of hydrogen-bond donors (Lipinski definition) is 0. The summed E-state index contributed by atoms with van der Waals surface area (Å²) in [6, 6.07) is 10.2. The maximum absolute atomic E-state index is 12.6. The summed E-state index contributed by atoms with van der Waals surface area (Å²) >= 11 is 5.90. The van der Waals surface area contributed by atoms with Crippen LogP contribution in [0.15, 0.2) is 42.5 Å². The van der Waals surface area contributed by atoms with Gasteiger partial charge in [0.2, 0.25) is 5.69 Å². The molecule has 2 aromatic carbocycles. The van der Waals surface area contributed by atoms with Crippen LogP contribution in [-0.4, -0.2) is 41.0 Å². The van der Waals surface area contributed by atoms with Gasteiger partial charge in [-0.2, -0.15) is 0 Å². The summed E-state index contributed by atoms with van der Waals surface area (Å²) in [7, 11) is 1.53. The first-order chi connectivity index (χ1) is 15.2. The van der Waals surface area contributed by atoms with Gasteiger partial charge >= 0.3 is 12.3 Å². The number of hydrogen-bond acceptors (Lipinski definition) is 7. The predicted octanol–water partition coefficient (Wildman–Crippen LogP) is 4.86. The normalized spacial score (nSPS) is 11.2. The second kappa shape index (κ2) is 9.77. The molecule has 1 aromatic heterocycles. The minimum absolute atomic E-state index is 0.0738. The SMILES string of the molecule is CCOC(=O)c1nnn(Cc2ccc(OC)cc2)c1Oc1cc(Cl)cc(OC(F)(F)F)c1. The van der Waals surface area contributed by atoms with Crippen LogP contribution in [0.4, 0.5) is 13.2 Å². The van der Waals surface area contributed by atoms with Crippen molar-refractivity contribution in [2.45, 2.75) is 19.8 Å². The minimum atomic E-state index is -4.92. The summed E-state index contributed by atoms with van der Waals surface area (Å²) in [5, 5.41) is 7.66. The average molecular weight is 472 g/mol. The van der Waals surface area contributed by atoms with Crippen molar-refractivity contribution < 1.29 is 36.9 Å². The second-order valence-corrected chi connectivity index (χ2v) is 6.68. The van der Waals surface area contributed by atoms with Crippen molar-refractivity contribution in [3.8, 4) is 23.1 Å². The summed E-state index contributed by atoms with van der Waals surface area (Å²) in [5.41, 5.74) is 0.516. The van der Waals surface area contributed by atoms with Gasteiger partial charge in [-0.05, 0) is 36.8 Å². The first-order valence-corrected chi connectivity index (χ1v) is 9.54. The molecule has 0 saturated heterocycles. The van der Waals surface area contributed by atoms with Crippen LogP contribution in [0.5, 0.6) is 23.1 Å². The maximum atomic E-state index is 12.6. The molecule has 0 radical (unpaired) electrons. The van der Waals surface area contributed by atoms with Crippen LogP contribution in [0.3, 0.4) is 0 Å². The number of nitrogens with zero attached hydrogens (tertiary/aromatic N) is 3. The molecule has 8 nitrogen and oxygen atoms in total. The number of rotatable bonds is 8. The van der Waals surface area contributed by atoms with E-state index in [2.05, 4.69) is 15.0 Å². The monoisotopic (exact) mass is 471 g/mol. The van der Waals surface area contributed by atoms with Crippen molar-refractivity contribution in [1.29, 1.82) is 0 Å². The van der Waals surface area contributed by atoms with Crippen LogP contribution in [0.25, 0.3) is 0 Å². The third-order valence-corrected chi connectivity index (χ3v) is 4.16. The molecule has 0 atom stereocenters. The van der Waals surface area contributed by atoms with Crippen LogP contribution in [0.1, 0.15) is 23.0 Å². The molecule has 0 aliphatic carbocycles. The van der Waals surface area contributed by atoms with Gasteiger partial charge in [0.15, 0.2) is 0 Å². The highest BCUT2D eigenvalue weighted by Crippen LogP contribution is 2.33. The largest absolute Gasteiger partial charge is 0.573 e. The Kier molecular flexibility index (Phi) is 7.08. The van der Waals surface area contributed by atoms with Crippen LogP contribution in [0, 0.1) is 0 Å². The van der Waals surface area contributed by atoms with Gasteiger partial charge in [-0.1, -0.05) is 28.9 Å². The van der Waals surface area contributed by atoms with Gasteiger partial charge in [0.1, 0.15) is 17.2 Å². The van der Waals surface area contributed by atoms with E-state index in [0.29, 0.717) is 5.75 Å². The molecule has 3 rings (SSSR count). The Morgan fingerprint density at radius 3 is 2.41 bits per heavy atom. The minimum Gasteiger partial charge on any atom is -0.497 e. The van der Waals surface area contributed by atoms with E-state index in [1.807, 2.05) is 0 Å². The summed E-state index contributed by atoms with van der Waals surface area (Å²) in [6.45, 7) is 1.82. The Morgan fingerprint density at radius 1 is 1.09 bits per heavy atom. The first kappa shape index (κ1) is 23.2. The highest BCUT2D eigenvalue weighted by atomic mass is 35.5. The Balaban J connectivity index is 1.96. The standard InChI is InChI=1S/C20H17ClF3N3O5/c1-3-30-19(28)17-18(27(26-25-17)11-12-4-6-14(29-2)7-5-12)31-15-8-13(21)9-16(10-15)32-20(22,23)24/h4-10H,3,11H2,1-2H3. The van der Waals surface area contributed by atoms with Crippen molar-refractivity contribution in [1.82, 2.24) is 15.0 Å². The van der Waals surface area contributed by atoms with Gasteiger partial charge in [-0.25, -0.2) is 9.48 Å². The highest BCUT2D eigenvalue weighted by molar-refractivity contribution is 6.30. The summed E-state index contributed by atoms with van der Waals surface area (Å²) in [6.07, 6.45) is -4.92. The van der Waals surface area contributed by atoms with Gasteiger partial charge in [0.25, 0.3) is 5.88 Å². The maximum Gasteiger partial charge on any atom is 0.573 e. The number of methoxy groups -OCH3 is 1. The fourth-order valence-corrected chi connectivity index (χ4v) is 2.86. The summed E-state index contributed by atoms with van der Waals surface area (Å²) < 4.78 is 58.7. The number of esters is 1. The number of aromatic nitrogens is 3. The van der Waals surface area contributed by atoms with E-state index in [-0.39, 0.29) is 35.5 Å². The molecule has 0 saturated carbocycles. The van der Waals surface area contributed by atoms with E-state index >= 15 is 0 Å². The van der Waals surface area contributed by atoms with Crippen LogP contribution >= 0.6 is 11.6 Å². The van der Waals surface area contributed by atoms with E-state index in [1.54, 1.807) is 31.2 Å². The number of carbonyl (C=O) groups excluding carboxylic acids is 1. The van der Waals surface area contributed by atoms with Crippen molar-refractivity contribution in [3.63, 3.8) is 0 Å². The number of carbonyl (C=O) groups is 1. The van der Waals surface area contributed by atoms with Crippen molar-refractivity contribution in [2.24, 2.45) is 0 Å². The molecule has 0 amide bonds. The lowest BCUT2D eigenvalue weighted by molar-refractivity contribution is -0.274. The van der Waals surface area contributed by atoms with Crippen LogP contribution < -0.4 is 14.2 Å². The number of ether oxygens (including phenoxy) is 4. The average Bonchev–Trinajstić information content (AvgIpc) is 3.09. The Hall–Kier alpha value is -3.47. The molecule has 170 valence electrons. The molecular weight excluding hydrogens is 455 g/mol. The predicted molar refractivity (Wildman–Crippen MR) is 106 cm³/mol. The summed E-state index contributed by atoms with van der Waals surface area (Å²) in [5.74, 6) is -1.02. The number of halogens is 4. The molecule has 32 heavy (non-hydrogen) atoms. The Morgan fingerprint density at radius 2 is 1.78 bits per heavy atom. The van der Waals surface area contributed by atoms with E-state index < -0.39 is 18.1 Å². The van der Waals surface area contributed by atoms with Gasteiger partial charge in [0.05, 0.1) is 20.3 Å². The lowest BCUT2D eigenvalue weighted by Crippen LogP contribution is -2.17. The molecular formula is C20H17ClF3N3O5. The van der Waals surface area contributed by atoms with E-state index in [9.17, 15) is 18.0 Å². The fraction of sp³-hybridized carbons (Fsp3) is 0.250. The third-order valence-electron chi connectivity index (χ3n) is 3.94.